The topological polar surface area (TPSA) is 44.8 Å². The van der Waals surface area contributed by atoms with Gasteiger partial charge in [-0.05, 0) is 53.0 Å². The fraction of sp³-hybridized carbons (Fsp3) is 0.233. The van der Waals surface area contributed by atoms with Gasteiger partial charge in [0.05, 0.1) is 13.7 Å². The molecule has 2 atom stereocenters. The van der Waals surface area contributed by atoms with Crippen LogP contribution in [0, 0.1) is 11.3 Å². The minimum absolute atomic E-state index is 0.0239. The highest BCUT2D eigenvalue weighted by molar-refractivity contribution is 6.07. The molecule has 3 aromatic rings. The average Bonchev–Trinajstić information content (AvgIpc) is 3.42. The second kappa shape index (κ2) is 7.36. The van der Waals surface area contributed by atoms with Crippen molar-refractivity contribution in [2.24, 2.45) is 11.3 Å². The first-order valence-corrected chi connectivity index (χ1v) is 11.6. The van der Waals surface area contributed by atoms with E-state index in [0.717, 1.165) is 39.3 Å². The Morgan fingerprint density at radius 1 is 0.882 bits per heavy atom. The van der Waals surface area contributed by atoms with Crippen molar-refractivity contribution in [1.29, 1.82) is 0 Å². The van der Waals surface area contributed by atoms with Gasteiger partial charge < -0.3 is 14.2 Å². The van der Waals surface area contributed by atoms with Crippen molar-refractivity contribution in [2.45, 2.75) is 19.3 Å². The van der Waals surface area contributed by atoms with Gasteiger partial charge in [-0.15, -0.1) is 0 Å². The van der Waals surface area contributed by atoms with Gasteiger partial charge in [-0.3, -0.25) is 4.79 Å². The Hall–Kier alpha value is -3.79. The zero-order chi connectivity index (χ0) is 23.5. The molecule has 1 spiro atoms. The van der Waals surface area contributed by atoms with Crippen LogP contribution in [0.1, 0.15) is 30.5 Å². The van der Waals surface area contributed by atoms with E-state index >= 15 is 0 Å². The van der Waals surface area contributed by atoms with Crippen LogP contribution < -0.4 is 9.47 Å². The second-order valence-corrected chi connectivity index (χ2v) is 9.66. The second-order valence-electron chi connectivity index (χ2n) is 9.66. The van der Waals surface area contributed by atoms with Gasteiger partial charge >= 0.3 is 5.97 Å². The summed E-state index contributed by atoms with van der Waals surface area (Å²) in [5.41, 5.74) is 3.59. The predicted octanol–water partition coefficient (Wildman–Crippen LogP) is 6.03. The highest BCUT2D eigenvalue weighted by Gasteiger charge is 2.66. The molecule has 4 nitrogen and oxygen atoms in total. The fourth-order valence-electron chi connectivity index (χ4n) is 6.06. The maximum absolute atomic E-state index is 13.9. The summed E-state index contributed by atoms with van der Waals surface area (Å²) >= 11 is 0. The minimum atomic E-state index is -0.933. The SMILES string of the molecule is COc1ccc(C2=C3C=C(c4ccccc4)[C@@]4(C(=O)Oc5ccccc54)C(C)(C)[C@H]3CO2)cc1. The van der Waals surface area contributed by atoms with Crippen molar-refractivity contribution in [3.8, 4) is 11.5 Å². The molecule has 0 amide bonds. The molecule has 0 unspecified atom stereocenters. The summed E-state index contributed by atoms with van der Waals surface area (Å²) in [6.07, 6.45) is 2.18. The van der Waals surface area contributed by atoms with Gasteiger partial charge in [-0.25, -0.2) is 0 Å². The lowest BCUT2D eigenvalue weighted by molar-refractivity contribution is -0.141. The molecular weight excluding hydrogens is 424 g/mol. The lowest BCUT2D eigenvalue weighted by Gasteiger charge is -2.49. The molecule has 2 aliphatic heterocycles. The summed E-state index contributed by atoms with van der Waals surface area (Å²) in [6.45, 7) is 4.87. The molecule has 0 aromatic heterocycles. The Morgan fingerprint density at radius 3 is 2.32 bits per heavy atom. The maximum Gasteiger partial charge on any atom is 0.327 e. The van der Waals surface area contributed by atoms with Crippen molar-refractivity contribution in [3.05, 3.63) is 107 Å². The Morgan fingerprint density at radius 2 is 1.59 bits per heavy atom. The largest absolute Gasteiger partial charge is 0.497 e. The Balaban J connectivity index is 1.65. The predicted molar refractivity (Wildman–Crippen MR) is 131 cm³/mol. The number of hydrogen-bond acceptors (Lipinski definition) is 4. The third kappa shape index (κ3) is 2.62. The van der Waals surface area contributed by atoms with Gasteiger partial charge in [0, 0.05) is 22.6 Å². The third-order valence-electron chi connectivity index (χ3n) is 7.81. The molecule has 0 N–H and O–H groups in total. The van der Waals surface area contributed by atoms with Gasteiger partial charge in [-0.2, -0.15) is 0 Å². The lowest BCUT2D eigenvalue weighted by Crippen LogP contribution is -2.54. The summed E-state index contributed by atoms with van der Waals surface area (Å²) in [5.74, 6) is 2.12. The van der Waals surface area contributed by atoms with Crippen LogP contribution in [0.25, 0.3) is 11.3 Å². The average molecular weight is 451 g/mol. The molecular formula is C30H26O4. The van der Waals surface area contributed by atoms with Gasteiger partial charge in [-0.1, -0.05) is 62.4 Å². The Kier molecular flexibility index (Phi) is 4.50. The first kappa shape index (κ1) is 20.8. The zero-order valence-corrected chi connectivity index (χ0v) is 19.5. The number of benzene rings is 3. The van der Waals surface area contributed by atoms with E-state index < -0.39 is 10.8 Å². The third-order valence-corrected chi connectivity index (χ3v) is 7.81. The quantitative estimate of drug-likeness (QED) is 0.361. The van der Waals surface area contributed by atoms with E-state index in [1.165, 1.54) is 0 Å². The van der Waals surface area contributed by atoms with Gasteiger partial charge in [0.2, 0.25) is 0 Å². The van der Waals surface area contributed by atoms with E-state index in [2.05, 4.69) is 32.1 Å². The summed E-state index contributed by atoms with van der Waals surface area (Å²) < 4.78 is 17.6. The van der Waals surface area contributed by atoms with Crippen LogP contribution in [0.5, 0.6) is 11.5 Å². The number of esters is 1. The van der Waals surface area contributed by atoms with Crippen LogP contribution in [0.2, 0.25) is 0 Å². The van der Waals surface area contributed by atoms with Crippen LogP contribution in [-0.4, -0.2) is 19.7 Å². The molecule has 0 radical (unpaired) electrons. The number of carbonyl (C=O) groups excluding carboxylic acids is 1. The fourth-order valence-corrected chi connectivity index (χ4v) is 6.06. The Labute approximate surface area is 199 Å². The Bertz CT molecular complexity index is 1350. The highest BCUT2D eigenvalue weighted by atomic mass is 16.5. The minimum Gasteiger partial charge on any atom is -0.497 e. The standard InChI is InChI=1S/C30H26O4/c1-29(2)25-18-33-27(20-13-15-21(32-3)16-14-20)22(25)17-24(19-9-5-4-6-10-19)30(29)23-11-7-8-12-26(23)34-28(30)31/h4-17,25H,18H2,1-3H3/t25-,30-/m0/s1. The van der Waals surface area contributed by atoms with Crippen LogP contribution in [0.4, 0.5) is 0 Å². The van der Waals surface area contributed by atoms with Crippen molar-refractivity contribution in [2.75, 3.05) is 13.7 Å². The molecule has 170 valence electrons. The van der Waals surface area contributed by atoms with Crippen molar-refractivity contribution in [1.82, 2.24) is 0 Å². The molecule has 3 aliphatic rings. The molecule has 4 heteroatoms. The number of allylic oxidation sites excluding steroid dienone is 1. The molecule has 3 aromatic carbocycles. The molecule has 0 saturated heterocycles. The van der Waals surface area contributed by atoms with Gasteiger partial charge in [0.15, 0.2) is 0 Å². The first-order valence-electron chi connectivity index (χ1n) is 11.6. The summed E-state index contributed by atoms with van der Waals surface area (Å²) in [6, 6.07) is 25.9. The number of ether oxygens (including phenoxy) is 3. The molecule has 0 bridgehead atoms. The van der Waals surface area contributed by atoms with Crippen molar-refractivity contribution >= 4 is 17.3 Å². The highest BCUT2D eigenvalue weighted by Crippen LogP contribution is 2.65. The van der Waals surface area contributed by atoms with E-state index in [1.807, 2.05) is 66.7 Å². The van der Waals surface area contributed by atoms with E-state index in [4.69, 9.17) is 14.2 Å². The maximum atomic E-state index is 13.9. The van der Waals surface area contributed by atoms with Gasteiger partial charge in [0.25, 0.3) is 0 Å². The number of fused-ring (bicyclic) bond motifs is 3. The lowest BCUT2D eigenvalue weighted by atomic mass is 9.49. The summed E-state index contributed by atoms with van der Waals surface area (Å²) in [5, 5.41) is 0. The van der Waals surface area contributed by atoms with Crippen LogP contribution in [0.3, 0.4) is 0 Å². The number of rotatable bonds is 3. The summed E-state index contributed by atoms with van der Waals surface area (Å²) in [7, 11) is 1.66. The van der Waals surface area contributed by atoms with Crippen LogP contribution in [0.15, 0.2) is 90.5 Å². The number of hydrogen-bond donors (Lipinski definition) is 0. The van der Waals surface area contributed by atoms with Crippen LogP contribution in [-0.2, 0) is 14.9 Å². The molecule has 0 saturated carbocycles. The molecule has 0 fully saturated rings. The van der Waals surface area contributed by atoms with Crippen LogP contribution >= 0.6 is 0 Å². The van der Waals surface area contributed by atoms with E-state index in [1.54, 1.807) is 7.11 Å². The van der Waals surface area contributed by atoms with Crippen molar-refractivity contribution < 1.29 is 19.0 Å². The molecule has 34 heavy (non-hydrogen) atoms. The normalized spacial score (nSPS) is 24.3. The van der Waals surface area contributed by atoms with E-state index in [9.17, 15) is 4.79 Å². The zero-order valence-electron chi connectivity index (χ0n) is 19.5. The van der Waals surface area contributed by atoms with Crippen molar-refractivity contribution in [3.63, 3.8) is 0 Å². The molecule has 2 heterocycles. The van der Waals surface area contributed by atoms with E-state index in [0.29, 0.717) is 12.4 Å². The molecule has 1 aliphatic carbocycles. The van der Waals surface area contributed by atoms with E-state index in [-0.39, 0.29) is 11.9 Å². The number of methoxy groups -OCH3 is 1. The number of para-hydroxylation sites is 1. The monoisotopic (exact) mass is 450 g/mol. The molecule has 6 rings (SSSR count). The number of carbonyl (C=O) groups is 1. The first-order chi connectivity index (χ1) is 16.5. The smallest absolute Gasteiger partial charge is 0.327 e. The van der Waals surface area contributed by atoms with Gasteiger partial charge in [0.1, 0.15) is 22.7 Å². The summed E-state index contributed by atoms with van der Waals surface area (Å²) in [4.78, 5) is 13.9.